The van der Waals surface area contributed by atoms with E-state index in [0.717, 1.165) is 32.8 Å². The first-order chi connectivity index (χ1) is 9.22. The molecule has 0 radical (unpaired) electrons. The van der Waals surface area contributed by atoms with E-state index in [0.29, 0.717) is 0 Å². The van der Waals surface area contributed by atoms with Gasteiger partial charge in [0.25, 0.3) is 0 Å². The Balaban J connectivity index is 1.94. The van der Waals surface area contributed by atoms with E-state index in [-0.39, 0.29) is 0 Å². The van der Waals surface area contributed by atoms with Gasteiger partial charge in [-0.05, 0) is 21.0 Å². The van der Waals surface area contributed by atoms with E-state index in [1.54, 1.807) is 0 Å². The van der Waals surface area contributed by atoms with E-state index in [1.165, 1.54) is 39.3 Å². The average molecular weight is 272 g/mol. The Morgan fingerprint density at radius 3 is 2.21 bits per heavy atom. The van der Waals surface area contributed by atoms with Crippen molar-refractivity contribution < 1.29 is 4.74 Å². The summed E-state index contributed by atoms with van der Waals surface area (Å²) in [6.07, 6.45) is 0. The van der Waals surface area contributed by atoms with Gasteiger partial charge in [0.05, 0.1) is 6.61 Å². The molecule has 19 heavy (non-hydrogen) atoms. The lowest BCUT2D eigenvalue weighted by atomic mass is 10.3. The number of likely N-dealkylation sites (N-methyl/N-ethyl adjacent to an activating group) is 1. The fourth-order valence-corrected chi connectivity index (χ4v) is 2.23. The fourth-order valence-electron chi connectivity index (χ4n) is 2.23. The van der Waals surface area contributed by atoms with Crippen LogP contribution in [0, 0.1) is 0 Å². The Morgan fingerprint density at radius 1 is 1.00 bits per heavy atom. The van der Waals surface area contributed by atoms with Crippen molar-refractivity contribution in [2.75, 3.05) is 86.2 Å². The van der Waals surface area contributed by atoms with Gasteiger partial charge in [-0.25, -0.2) is 0 Å². The molecule has 0 unspecified atom stereocenters. The normalized spacial score (nSPS) is 18.3. The molecule has 0 bridgehead atoms. The highest BCUT2D eigenvalue weighted by Crippen LogP contribution is 2.00. The third kappa shape index (κ3) is 8.55. The molecule has 0 amide bonds. The van der Waals surface area contributed by atoms with E-state index < -0.39 is 0 Å². The summed E-state index contributed by atoms with van der Waals surface area (Å²) in [5.41, 5.74) is 0. The summed E-state index contributed by atoms with van der Waals surface area (Å²) in [7, 11) is 4.29. The second-order valence-corrected chi connectivity index (χ2v) is 5.43. The molecular weight excluding hydrogens is 240 g/mol. The molecule has 5 nitrogen and oxygen atoms in total. The number of hydrogen-bond donors (Lipinski definition) is 1. The first kappa shape index (κ1) is 16.9. The van der Waals surface area contributed by atoms with Crippen LogP contribution in [0.1, 0.15) is 6.92 Å². The van der Waals surface area contributed by atoms with Crippen molar-refractivity contribution in [1.29, 1.82) is 0 Å². The second kappa shape index (κ2) is 10.6. The van der Waals surface area contributed by atoms with Crippen molar-refractivity contribution >= 4 is 0 Å². The van der Waals surface area contributed by atoms with Crippen LogP contribution in [0.4, 0.5) is 0 Å². The molecule has 1 rings (SSSR count). The van der Waals surface area contributed by atoms with Gasteiger partial charge in [-0.2, -0.15) is 0 Å². The van der Waals surface area contributed by atoms with Gasteiger partial charge in [-0.3, -0.25) is 9.80 Å². The lowest BCUT2D eigenvalue weighted by molar-refractivity contribution is 0.123. The van der Waals surface area contributed by atoms with Gasteiger partial charge in [-0.15, -0.1) is 0 Å². The predicted octanol–water partition coefficient (Wildman–Crippen LogP) is -0.208. The molecule has 0 atom stereocenters. The zero-order valence-electron chi connectivity index (χ0n) is 13.0. The van der Waals surface area contributed by atoms with Crippen molar-refractivity contribution in [3.63, 3.8) is 0 Å². The molecule has 1 aliphatic rings. The molecule has 114 valence electrons. The number of rotatable bonds is 10. The van der Waals surface area contributed by atoms with Crippen LogP contribution in [-0.2, 0) is 4.74 Å². The first-order valence-electron chi connectivity index (χ1n) is 7.60. The lowest BCUT2D eigenvalue weighted by Gasteiger charge is -2.35. The van der Waals surface area contributed by atoms with Crippen molar-refractivity contribution in [1.82, 2.24) is 20.0 Å². The molecule has 1 N–H and O–H groups in total. The quantitative estimate of drug-likeness (QED) is 0.556. The third-order valence-electron chi connectivity index (χ3n) is 3.56. The molecule has 1 aliphatic heterocycles. The summed E-state index contributed by atoms with van der Waals surface area (Å²) in [5, 5.41) is 3.43. The number of hydrogen-bond acceptors (Lipinski definition) is 5. The fraction of sp³-hybridized carbons (Fsp3) is 1.00. The number of nitrogens with one attached hydrogen (secondary N) is 1. The van der Waals surface area contributed by atoms with Gasteiger partial charge < -0.3 is 15.0 Å². The van der Waals surface area contributed by atoms with Crippen LogP contribution < -0.4 is 5.32 Å². The van der Waals surface area contributed by atoms with Crippen molar-refractivity contribution in [3.05, 3.63) is 0 Å². The highest BCUT2D eigenvalue weighted by molar-refractivity contribution is 4.72. The summed E-state index contributed by atoms with van der Waals surface area (Å²) in [4.78, 5) is 7.38. The van der Waals surface area contributed by atoms with Gasteiger partial charge in [-0.1, -0.05) is 0 Å². The van der Waals surface area contributed by atoms with Crippen LogP contribution in [0.15, 0.2) is 0 Å². The maximum absolute atomic E-state index is 5.30. The highest BCUT2D eigenvalue weighted by Gasteiger charge is 2.15. The highest BCUT2D eigenvalue weighted by atomic mass is 16.5. The van der Waals surface area contributed by atoms with Crippen LogP contribution >= 0.6 is 0 Å². The van der Waals surface area contributed by atoms with Crippen molar-refractivity contribution in [2.45, 2.75) is 6.92 Å². The minimum atomic E-state index is 0.816. The molecule has 5 heteroatoms. The summed E-state index contributed by atoms with van der Waals surface area (Å²) in [6, 6.07) is 0. The molecule has 0 saturated carbocycles. The molecule has 0 aromatic carbocycles. The summed E-state index contributed by atoms with van der Waals surface area (Å²) in [6.45, 7) is 14.1. The SMILES string of the molecule is CCOCCNCCN1CCN(CCN(C)C)CC1. The molecule has 0 aliphatic carbocycles. The smallest absolute Gasteiger partial charge is 0.0590 e. The Kier molecular flexibility index (Phi) is 9.38. The molecule has 0 aromatic heterocycles. The van der Waals surface area contributed by atoms with Crippen LogP contribution in [0.5, 0.6) is 0 Å². The molecule has 1 saturated heterocycles. The summed E-state index contributed by atoms with van der Waals surface area (Å²) in [5.74, 6) is 0. The first-order valence-corrected chi connectivity index (χ1v) is 7.60. The van der Waals surface area contributed by atoms with Gasteiger partial charge in [0.1, 0.15) is 0 Å². The number of nitrogens with zero attached hydrogens (tertiary/aromatic N) is 3. The van der Waals surface area contributed by atoms with Crippen molar-refractivity contribution in [3.8, 4) is 0 Å². The standard InChI is InChI=1S/C14H32N4O/c1-4-19-14-6-15-5-7-17-10-12-18(13-11-17)9-8-16(2)3/h15H,4-14H2,1-3H3. The maximum Gasteiger partial charge on any atom is 0.0590 e. The van der Waals surface area contributed by atoms with Crippen LogP contribution in [-0.4, -0.2) is 101 Å². The van der Waals surface area contributed by atoms with Crippen LogP contribution in [0.25, 0.3) is 0 Å². The van der Waals surface area contributed by atoms with Gasteiger partial charge >= 0.3 is 0 Å². The lowest BCUT2D eigenvalue weighted by Crippen LogP contribution is -2.49. The average Bonchev–Trinajstić information content (AvgIpc) is 2.41. The minimum absolute atomic E-state index is 0.816. The molecular formula is C14H32N4O. The molecule has 1 fully saturated rings. The molecule has 0 aromatic rings. The Labute approximate surface area is 118 Å². The van der Waals surface area contributed by atoms with E-state index in [4.69, 9.17) is 4.74 Å². The van der Waals surface area contributed by atoms with Crippen molar-refractivity contribution in [2.24, 2.45) is 0 Å². The van der Waals surface area contributed by atoms with E-state index in [2.05, 4.69) is 34.1 Å². The van der Waals surface area contributed by atoms with E-state index in [9.17, 15) is 0 Å². The monoisotopic (exact) mass is 272 g/mol. The largest absolute Gasteiger partial charge is 0.380 e. The molecule has 0 spiro atoms. The van der Waals surface area contributed by atoms with Gasteiger partial charge in [0, 0.05) is 65.5 Å². The topological polar surface area (TPSA) is 31.0 Å². The summed E-state index contributed by atoms with van der Waals surface area (Å²) >= 11 is 0. The van der Waals surface area contributed by atoms with Crippen LogP contribution in [0.2, 0.25) is 0 Å². The minimum Gasteiger partial charge on any atom is -0.380 e. The Morgan fingerprint density at radius 2 is 1.63 bits per heavy atom. The van der Waals surface area contributed by atoms with Gasteiger partial charge in [0.2, 0.25) is 0 Å². The van der Waals surface area contributed by atoms with Gasteiger partial charge in [0.15, 0.2) is 0 Å². The van der Waals surface area contributed by atoms with E-state index >= 15 is 0 Å². The zero-order valence-corrected chi connectivity index (χ0v) is 13.0. The van der Waals surface area contributed by atoms with E-state index in [1.807, 2.05) is 6.92 Å². The summed E-state index contributed by atoms with van der Waals surface area (Å²) < 4.78 is 5.30. The zero-order chi connectivity index (χ0) is 13.9. The Bertz CT molecular complexity index is 206. The number of piperazine rings is 1. The number of ether oxygens (including phenoxy) is 1. The van der Waals surface area contributed by atoms with Crippen LogP contribution in [0.3, 0.4) is 0 Å². The molecule has 1 heterocycles. The second-order valence-electron chi connectivity index (χ2n) is 5.43. The Hall–Kier alpha value is -0.200. The maximum atomic E-state index is 5.30. The third-order valence-corrected chi connectivity index (χ3v) is 3.56. The predicted molar refractivity (Wildman–Crippen MR) is 80.8 cm³/mol.